The molecule has 0 amide bonds. The van der Waals surface area contributed by atoms with E-state index >= 15 is 0 Å². The Labute approximate surface area is 103 Å². The summed E-state index contributed by atoms with van der Waals surface area (Å²) in [5, 5.41) is 0.946. The van der Waals surface area contributed by atoms with Crippen molar-refractivity contribution >= 4 is 23.2 Å². The molecule has 0 radical (unpaired) electrons. The van der Waals surface area contributed by atoms with Crippen LogP contribution < -0.4 is 4.74 Å². The molecule has 0 N–H and O–H groups in total. The zero-order chi connectivity index (χ0) is 11.5. The summed E-state index contributed by atoms with van der Waals surface area (Å²) in [4.78, 5) is 7.95. The lowest BCUT2D eigenvalue weighted by Crippen LogP contribution is -1.88. The molecule has 0 aromatic carbocycles. The monoisotopic (exact) mass is 254 g/mol. The summed E-state index contributed by atoms with van der Waals surface area (Å²) in [6.07, 6.45) is 3.18. The number of halogens is 2. The van der Waals surface area contributed by atoms with E-state index in [2.05, 4.69) is 9.97 Å². The largest absolute Gasteiger partial charge is 0.456 e. The standard InChI is InChI=1S/C11H8Cl2N2O/c1-7-10(12)4-9(6-15-7)16-8-2-3-14-11(13)5-8/h2-6H,1H3. The molecule has 0 saturated carbocycles. The highest BCUT2D eigenvalue weighted by molar-refractivity contribution is 6.31. The summed E-state index contributed by atoms with van der Waals surface area (Å²) in [6, 6.07) is 5.03. The van der Waals surface area contributed by atoms with Crippen molar-refractivity contribution in [1.29, 1.82) is 0 Å². The molecule has 0 spiro atoms. The van der Waals surface area contributed by atoms with Crippen LogP contribution in [0.1, 0.15) is 5.69 Å². The van der Waals surface area contributed by atoms with E-state index in [9.17, 15) is 0 Å². The molecule has 0 bridgehead atoms. The van der Waals surface area contributed by atoms with Gasteiger partial charge in [0.2, 0.25) is 0 Å². The molecule has 82 valence electrons. The molecule has 2 heterocycles. The van der Waals surface area contributed by atoms with Gasteiger partial charge in [-0.1, -0.05) is 23.2 Å². The fraction of sp³-hybridized carbons (Fsp3) is 0.0909. The Hall–Kier alpha value is -1.32. The number of nitrogens with zero attached hydrogens (tertiary/aromatic N) is 2. The van der Waals surface area contributed by atoms with Gasteiger partial charge in [0.1, 0.15) is 16.7 Å². The van der Waals surface area contributed by atoms with Crippen molar-refractivity contribution in [2.45, 2.75) is 6.92 Å². The number of pyridine rings is 2. The van der Waals surface area contributed by atoms with Gasteiger partial charge in [0.25, 0.3) is 0 Å². The van der Waals surface area contributed by atoms with Crippen molar-refractivity contribution in [3.05, 3.63) is 46.5 Å². The summed E-state index contributed by atoms with van der Waals surface area (Å²) in [5.41, 5.74) is 0.766. The predicted molar refractivity (Wildman–Crippen MR) is 63.3 cm³/mol. The van der Waals surface area contributed by atoms with Crippen molar-refractivity contribution in [3.8, 4) is 11.5 Å². The van der Waals surface area contributed by atoms with Gasteiger partial charge in [-0.15, -0.1) is 0 Å². The molecule has 0 aliphatic rings. The first-order valence-electron chi connectivity index (χ1n) is 4.57. The molecule has 0 fully saturated rings. The van der Waals surface area contributed by atoms with Crippen molar-refractivity contribution < 1.29 is 4.74 Å². The molecule has 2 aromatic heterocycles. The van der Waals surface area contributed by atoms with Crippen LogP contribution in [0.25, 0.3) is 0 Å². The first-order chi connectivity index (χ1) is 7.65. The maximum absolute atomic E-state index is 5.93. The minimum atomic E-state index is 0.378. The van der Waals surface area contributed by atoms with E-state index in [0.29, 0.717) is 21.7 Å². The average Bonchev–Trinajstić information content (AvgIpc) is 2.24. The molecule has 0 saturated heterocycles. The Kier molecular flexibility index (Phi) is 3.27. The first-order valence-corrected chi connectivity index (χ1v) is 5.32. The summed E-state index contributed by atoms with van der Waals surface area (Å²) in [7, 11) is 0. The molecule has 2 aromatic rings. The molecular weight excluding hydrogens is 247 g/mol. The van der Waals surface area contributed by atoms with Crippen molar-refractivity contribution in [1.82, 2.24) is 9.97 Å². The zero-order valence-corrected chi connectivity index (χ0v) is 9.96. The molecule has 5 heteroatoms. The van der Waals surface area contributed by atoms with Gasteiger partial charge >= 0.3 is 0 Å². The third-order valence-electron chi connectivity index (χ3n) is 1.93. The van der Waals surface area contributed by atoms with Gasteiger partial charge in [-0.2, -0.15) is 0 Å². The number of aryl methyl sites for hydroxylation is 1. The lowest BCUT2D eigenvalue weighted by Gasteiger charge is -2.06. The summed E-state index contributed by atoms with van der Waals surface area (Å²) in [5.74, 6) is 1.17. The minimum Gasteiger partial charge on any atom is -0.456 e. The Morgan fingerprint density at radius 3 is 2.62 bits per heavy atom. The maximum atomic E-state index is 5.93. The topological polar surface area (TPSA) is 35.0 Å². The second-order valence-electron chi connectivity index (χ2n) is 3.15. The van der Waals surface area contributed by atoms with Gasteiger partial charge in [0.15, 0.2) is 0 Å². The van der Waals surface area contributed by atoms with Crippen LogP contribution in [0.15, 0.2) is 30.6 Å². The second-order valence-corrected chi connectivity index (χ2v) is 3.95. The Morgan fingerprint density at radius 1 is 1.12 bits per heavy atom. The molecular formula is C11H8Cl2N2O. The lowest BCUT2D eigenvalue weighted by molar-refractivity contribution is 0.479. The van der Waals surface area contributed by atoms with Gasteiger partial charge in [-0.3, -0.25) is 4.98 Å². The van der Waals surface area contributed by atoms with E-state index in [1.54, 1.807) is 30.6 Å². The average molecular weight is 255 g/mol. The van der Waals surface area contributed by atoms with Crippen LogP contribution in [0.2, 0.25) is 10.2 Å². The fourth-order valence-corrected chi connectivity index (χ4v) is 1.45. The predicted octanol–water partition coefficient (Wildman–Crippen LogP) is 3.88. The molecule has 3 nitrogen and oxygen atoms in total. The first kappa shape index (κ1) is 11.2. The van der Waals surface area contributed by atoms with Crippen LogP contribution in [0, 0.1) is 6.92 Å². The Morgan fingerprint density at radius 2 is 1.94 bits per heavy atom. The van der Waals surface area contributed by atoms with E-state index in [0.717, 1.165) is 5.69 Å². The van der Waals surface area contributed by atoms with Crippen LogP contribution in [0.3, 0.4) is 0 Å². The molecule has 0 aliphatic heterocycles. The van der Waals surface area contributed by atoms with Crippen molar-refractivity contribution in [2.75, 3.05) is 0 Å². The lowest BCUT2D eigenvalue weighted by atomic mass is 10.3. The van der Waals surface area contributed by atoms with E-state index < -0.39 is 0 Å². The number of aromatic nitrogens is 2. The van der Waals surface area contributed by atoms with Crippen molar-refractivity contribution in [3.63, 3.8) is 0 Å². The Balaban J connectivity index is 2.24. The number of hydrogen-bond acceptors (Lipinski definition) is 3. The highest BCUT2D eigenvalue weighted by Gasteiger charge is 2.02. The van der Waals surface area contributed by atoms with E-state index in [1.807, 2.05) is 6.92 Å². The number of hydrogen-bond donors (Lipinski definition) is 0. The van der Waals surface area contributed by atoms with Gasteiger partial charge in [0.05, 0.1) is 16.9 Å². The molecule has 2 rings (SSSR count). The van der Waals surface area contributed by atoms with Crippen LogP contribution in [0.4, 0.5) is 0 Å². The van der Waals surface area contributed by atoms with Gasteiger partial charge in [-0.25, -0.2) is 4.98 Å². The van der Waals surface area contributed by atoms with Crippen LogP contribution in [-0.2, 0) is 0 Å². The summed E-state index contributed by atoms with van der Waals surface area (Å²) < 4.78 is 5.52. The third kappa shape index (κ3) is 2.62. The van der Waals surface area contributed by atoms with Crippen LogP contribution in [0.5, 0.6) is 11.5 Å². The van der Waals surface area contributed by atoms with Gasteiger partial charge < -0.3 is 4.74 Å². The molecule has 0 aliphatic carbocycles. The van der Waals surface area contributed by atoms with Gasteiger partial charge in [-0.05, 0) is 13.0 Å². The number of ether oxygens (including phenoxy) is 1. The van der Waals surface area contributed by atoms with E-state index in [4.69, 9.17) is 27.9 Å². The SMILES string of the molecule is Cc1ncc(Oc2ccnc(Cl)c2)cc1Cl. The minimum absolute atomic E-state index is 0.378. The normalized spacial score (nSPS) is 10.2. The summed E-state index contributed by atoms with van der Waals surface area (Å²) in [6.45, 7) is 1.83. The quantitative estimate of drug-likeness (QED) is 0.763. The number of rotatable bonds is 2. The van der Waals surface area contributed by atoms with Crippen molar-refractivity contribution in [2.24, 2.45) is 0 Å². The van der Waals surface area contributed by atoms with Crippen LogP contribution in [-0.4, -0.2) is 9.97 Å². The smallest absolute Gasteiger partial charge is 0.147 e. The van der Waals surface area contributed by atoms with Gasteiger partial charge in [0, 0.05) is 18.3 Å². The molecule has 16 heavy (non-hydrogen) atoms. The highest BCUT2D eigenvalue weighted by atomic mass is 35.5. The second kappa shape index (κ2) is 4.68. The molecule has 0 unspecified atom stereocenters. The zero-order valence-electron chi connectivity index (χ0n) is 8.45. The van der Waals surface area contributed by atoms with E-state index in [-0.39, 0.29) is 0 Å². The third-order valence-corrected chi connectivity index (χ3v) is 2.52. The van der Waals surface area contributed by atoms with E-state index in [1.165, 1.54) is 0 Å². The summed E-state index contributed by atoms with van der Waals surface area (Å²) >= 11 is 11.7. The Bertz CT molecular complexity index is 517. The fourth-order valence-electron chi connectivity index (χ4n) is 1.13. The maximum Gasteiger partial charge on any atom is 0.147 e. The highest BCUT2D eigenvalue weighted by Crippen LogP contribution is 2.25. The van der Waals surface area contributed by atoms with Crippen LogP contribution >= 0.6 is 23.2 Å². The molecule has 0 atom stereocenters.